The van der Waals surface area contributed by atoms with Gasteiger partial charge in [-0.2, -0.15) is 0 Å². The number of H-pyrrole nitrogens is 2. The summed E-state index contributed by atoms with van der Waals surface area (Å²) in [6.45, 7) is 0. The maximum Gasteiger partial charge on any atom is 0.267 e. The van der Waals surface area contributed by atoms with E-state index in [0.29, 0.717) is 24.3 Å². The smallest absolute Gasteiger partial charge is 0.267 e. The fraction of sp³-hybridized carbons (Fsp3) is 0. The Balaban J connectivity index is 1.82. The Morgan fingerprint density at radius 1 is 1.03 bits per heavy atom. The summed E-state index contributed by atoms with van der Waals surface area (Å²) in [6, 6.07) is 3.45. The Kier molecular flexibility index (Phi) is 5.46. The summed E-state index contributed by atoms with van der Waals surface area (Å²) in [5, 5.41) is -0.648. The molecule has 8 nitrogen and oxygen atoms in total. The number of sulfonamides is 1. The van der Waals surface area contributed by atoms with Crippen molar-refractivity contribution in [2.45, 2.75) is 4.90 Å². The molecule has 33 heavy (non-hydrogen) atoms. The molecule has 0 saturated heterocycles. The van der Waals surface area contributed by atoms with E-state index in [-0.39, 0.29) is 16.3 Å². The predicted octanol–water partition coefficient (Wildman–Crippen LogP) is 3.49. The van der Waals surface area contributed by atoms with Crippen molar-refractivity contribution in [3.05, 3.63) is 86.6 Å². The van der Waals surface area contributed by atoms with E-state index in [4.69, 9.17) is 11.6 Å². The average molecular weight is 501 g/mol. The van der Waals surface area contributed by atoms with E-state index in [9.17, 15) is 31.2 Å². The molecule has 0 aliphatic carbocycles. The van der Waals surface area contributed by atoms with Gasteiger partial charge >= 0.3 is 0 Å². The Labute approximate surface area is 186 Å². The summed E-state index contributed by atoms with van der Waals surface area (Å²) in [5.41, 5.74) is -3.67. The summed E-state index contributed by atoms with van der Waals surface area (Å²) < 4.78 is 83.8. The van der Waals surface area contributed by atoms with Gasteiger partial charge in [-0.15, -0.1) is 0 Å². The fourth-order valence-electron chi connectivity index (χ4n) is 3.10. The molecule has 4 aromatic rings. The quantitative estimate of drug-likeness (QED) is 0.220. The third-order valence-electron chi connectivity index (χ3n) is 4.51. The Hall–Kier alpha value is -3.71. The molecule has 3 N–H and O–H groups in total. The summed E-state index contributed by atoms with van der Waals surface area (Å²) in [4.78, 5) is 32.0. The largest absolute Gasteiger partial charge is 0.345 e. The van der Waals surface area contributed by atoms with Gasteiger partial charge in [0.25, 0.3) is 15.6 Å². The molecule has 0 bridgehead atoms. The number of nitrogens with zero attached hydrogens (tertiary/aromatic N) is 1. The molecule has 2 heterocycles. The van der Waals surface area contributed by atoms with Crippen LogP contribution in [-0.4, -0.2) is 29.2 Å². The van der Waals surface area contributed by atoms with Gasteiger partial charge in [-0.1, -0.05) is 6.07 Å². The van der Waals surface area contributed by atoms with Crippen LogP contribution in [0.25, 0.3) is 11.0 Å². The molecule has 0 spiro atoms. The highest BCUT2D eigenvalue weighted by Crippen LogP contribution is 2.28. The number of aromatic amines is 2. The van der Waals surface area contributed by atoms with Crippen molar-refractivity contribution in [1.29, 1.82) is 0 Å². The van der Waals surface area contributed by atoms with Crippen molar-refractivity contribution in [2.24, 2.45) is 0 Å². The van der Waals surface area contributed by atoms with Crippen LogP contribution in [0.15, 0.2) is 46.2 Å². The number of aromatic nitrogens is 3. The van der Waals surface area contributed by atoms with Crippen LogP contribution < -0.4 is 10.3 Å². The van der Waals surface area contributed by atoms with E-state index < -0.39 is 66.3 Å². The number of hydrogen-bond donors (Lipinski definition) is 3. The molecule has 0 saturated carbocycles. The summed E-state index contributed by atoms with van der Waals surface area (Å²) >= 11 is 5.63. The zero-order valence-electron chi connectivity index (χ0n) is 15.8. The van der Waals surface area contributed by atoms with Crippen LogP contribution in [0.4, 0.5) is 23.2 Å². The second kappa shape index (κ2) is 8.01. The Bertz CT molecular complexity index is 1600. The maximum absolute atomic E-state index is 15.1. The highest BCUT2D eigenvalue weighted by atomic mass is 35.5. The second-order valence-electron chi connectivity index (χ2n) is 6.55. The van der Waals surface area contributed by atoms with Crippen molar-refractivity contribution in [3.63, 3.8) is 0 Å². The van der Waals surface area contributed by atoms with E-state index in [1.807, 2.05) is 0 Å². The molecular formula is C19H9ClF4N4O4S. The monoisotopic (exact) mass is 500 g/mol. The van der Waals surface area contributed by atoms with Crippen molar-refractivity contribution < 1.29 is 30.8 Å². The number of hydrogen-bond acceptors (Lipinski definition) is 5. The van der Waals surface area contributed by atoms with Crippen LogP contribution >= 0.6 is 11.6 Å². The lowest BCUT2D eigenvalue weighted by molar-refractivity contribution is 0.103. The topological polar surface area (TPSA) is 125 Å². The summed E-state index contributed by atoms with van der Waals surface area (Å²) in [5.74, 6) is -7.29. The van der Waals surface area contributed by atoms with Crippen molar-refractivity contribution in [2.75, 3.05) is 4.72 Å². The molecule has 0 aliphatic heterocycles. The highest BCUT2D eigenvalue weighted by Gasteiger charge is 2.29. The van der Waals surface area contributed by atoms with Gasteiger partial charge in [-0.05, 0) is 35.9 Å². The lowest BCUT2D eigenvalue weighted by Gasteiger charge is -2.12. The number of rotatable bonds is 5. The van der Waals surface area contributed by atoms with Gasteiger partial charge in [-0.3, -0.25) is 19.3 Å². The number of halogens is 5. The first-order valence-electron chi connectivity index (χ1n) is 8.77. The molecule has 14 heteroatoms. The molecule has 170 valence electrons. The Morgan fingerprint density at radius 2 is 1.70 bits per heavy atom. The van der Waals surface area contributed by atoms with E-state index >= 15 is 4.39 Å². The SMILES string of the molecule is O=C(c1c(F)ccc(NS(=O)(=O)c2c(F)cccc2F)c1F)c1c[nH]c2nc(Cl)[nH]c(=O)c12. The fourth-order valence-corrected chi connectivity index (χ4v) is 4.47. The first-order chi connectivity index (χ1) is 15.5. The third kappa shape index (κ3) is 3.85. The molecule has 2 aromatic carbocycles. The van der Waals surface area contributed by atoms with Crippen LogP contribution in [0.1, 0.15) is 15.9 Å². The zero-order valence-corrected chi connectivity index (χ0v) is 17.4. The molecule has 0 aliphatic rings. The number of carbonyl (C=O) groups excluding carboxylic acids is 1. The van der Waals surface area contributed by atoms with Gasteiger partial charge in [0.1, 0.15) is 23.1 Å². The van der Waals surface area contributed by atoms with Crippen molar-refractivity contribution in [1.82, 2.24) is 15.0 Å². The molecule has 0 amide bonds. The van der Waals surface area contributed by atoms with Crippen LogP contribution in [-0.2, 0) is 10.0 Å². The summed E-state index contributed by atoms with van der Waals surface area (Å²) in [6.07, 6.45) is 0.968. The number of fused-ring (bicyclic) bond motifs is 1. The molecular weight excluding hydrogens is 492 g/mol. The zero-order chi connectivity index (χ0) is 24.1. The van der Waals surface area contributed by atoms with Gasteiger partial charge in [0.15, 0.2) is 10.7 Å². The normalized spacial score (nSPS) is 11.7. The minimum absolute atomic E-state index is 0.139. The molecule has 2 aromatic heterocycles. The average Bonchev–Trinajstić information content (AvgIpc) is 3.14. The standard InChI is InChI=1S/C19H9ClF4N4O4S/c20-19-26-17-12(18(30)27-19)7(6-25-17)15(29)13-8(21)4-5-11(14(13)24)28-33(31,32)16-9(22)2-1-3-10(16)23/h1-6,28H,(H2,25,26,27,30). The number of benzene rings is 2. The van der Waals surface area contributed by atoms with E-state index in [1.165, 1.54) is 0 Å². The second-order valence-corrected chi connectivity index (χ2v) is 8.53. The number of anilines is 1. The van der Waals surface area contributed by atoms with Crippen LogP contribution in [0.5, 0.6) is 0 Å². The van der Waals surface area contributed by atoms with Gasteiger partial charge in [-0.25, -0.2) is 31.0 Å². The molecule has 4 rings (SSSR count). The highest BCUT2D eigenvalue weighted by molar-refractivity contribution is 7.92. The van der Waals surface area contributed by atoms with Gasteiger partial charge in [0, 0.05) is 6.20 Å². The number of carbonyl (C=O) groups is 1. The lowest BCUT2D eigenvalue weighted by atomic mass is 10.0. The van der Waals surface area contributed by atoms with E-state index in [1.54, 1.807) is 4.72 Å². The molecule has 0 unspecified atom stereocenters. The number of ketones is 1. The summed E-state index contributed by atoms with van der Waals surface area (Å²) in [7, 11) is -5.01. The maximum atomic E-state index is 15.1. The first-order valence-corrected chi connectivity index (χ1v) is 10.6. The van der Waals surface area contributed by atoms with Crippen LogP contribution in [0.3, 0.4) is 0 Å². The molecule has 0 radical (unpaired) electrons. The number of nitrogens with one attached hydrogen (secondary N) is 3. The van der Waals surface area contributed by atoms with Crippen LogP contribution in [0.2, 0.25) is 5.28 Å². The molecule has 0 atom stereocenters. The predicted molar refractivity (Wildman–Crippen MR) is 109 cm³/mol. The lowest BCUT2D eigenvalue weighted by Crippen LogP contribution is -2.19. The van der Waals surface area contributed by atoms with Gasteiger partial charge in [0.05, 0.1) is 22.2 Å². The third-order valence-corrected chi connectivity index (χ3v) is 6.10. The van der Waals surface area contributed by atoms with Gasteiger partial charge in [0.2, 0.25) is 11.1 Å². The van der Waals surface area contributed by atoms with Crippen molar-refractivity contribution >= 4 is 44.1 Å². The minimum atomic E-state index is -5.01. The first kappa shape index (κ1) is 22.5. The molecule has 0 fully saturated rings. The van der Waals surface area contributed by atoms with E-state index in [0.717, 1.165) is 12.3 Å². The van der Waals surface area contributed by atoms with Crippen LogP contribution in [0, 0.1) is 23.3 Å². The van der Waals surface area contributed by atoms with Crippen molar-refractivity contribution in [3.8, 4) is 0 Å². The Morgan fingerprint density at radius 3 is 2.36 bits per heavy atom. The minimum Gasteiger partial charge on any atom is -0.345 e. The van der Waals surface area contributed by atoms with Gasteiger partial charge < -0.3 is 4.98 Å². The van der Waals surface area contributed by atoms with E-state index in [2.05, 4.69) is 15.0 Å².